The molecule has 0 saturated heterocycles. The molecule has 2 N–H and O–H groups in total. The van der Waals surface area contributed by atoms with Crippen LogP contribution in [0.25, 0.3) is 0 Å². The van der Waals surface area contributed by atoms with Gasteiger partial charge in [-0.25, -0.2) is 9.37 Å². The molecule has 0 spiro atoms. The van der Waals surface area contributed by atoms with Crippen LogP contribution in [0.1, 0.15) is 19.0 Å². The number of halogens is 1. The number of hydrogen-bond donors (Lipinski definition) is 2. The van der Waals surface area contributed by atoms with E-state index in [1.165, 1.54) is 0 Å². The zero-order valence-corrected chi connectivity index (χ0v) is 13.2. The van der Waals surface area contributed by atoms with Gasteiger partial charge in [0, 0.05) is 19.8 Å². The number of anilines is 1. The predicted molar refractivity (Wildman–Crippen MR) is 84.0 cm³/mol. The van der Waals surface area contributed by atoms with Gasteiger partial charge < -0.3 is 15.4 Å². The summed E-state index contributed by atoms with van der Waals surface area (Å²) in [5.74, 6) is -0.634. The highest BCUT2D eigenvalue weighted by molar-refractivity contribution is 7.80. The van der Waals surface area contributed by atoms with Gasteiger partial charge >= 0.3 is 6.01 Å². The first kappa shape index (κ1) is 16.1. The summed E-state index contributed by atoms with van der Waals surface area (Å²) < 4.78 is 20.7. The highest BCUT2D eigenvalue weighted by atomic mass is 32.1. The molecule has 2 heterocycles. The largest absolute Gasteiger partial charge is 0.457 e. The molecule has 0 aliphatic rings. The van der Waals surface area contributed by atoms with E-state index in [1.54, 1.807) is 10.9 Å². The molecule has 0 fully saturated rings. The molecule has 0 atom stereocenters. The molecule has 0 saturated carbocycles. The first-order valence-electron chi connectivity index (χ1n) is 6.77. The Kier molecular flexibility index (Phi) is 5.59. The Morgan fingerprint density at radius 1 is 1.50 bits per heavy atom. The Hall–Kier alpha value is -2.29. The third kappa shape index (κ3) is 4.62. The van der Waals surface area contributed by atoms with Crippen LogP contribution >= 0.6 is 12.2 Å². The zero-order chi connectivity index (χ0) is 15.9. The zero-order valence-electron chi connectivity index (χ0n) is 12.3. The number of thiocarbonyl (C=S) groups is 1. The van der Waals surface area contributed by atoms with Gasteiger partial charge in [-0.1, -0.05) is 6.92 Å². The molecular formula is C13H17FN6OS. The van der Waals surface area contributed by atoms with Gasteiger partial charge in [-0.3, -0.25) is 4.68 Å². The molecule has 9 heteroatoms. The van der Waals surface area contributed by atoms with E-state index in [2.05, 4.69) is 25.7 Å². The maximum absolute atomic E-state index is 13.7. The lowest BCUT2D eigenvalue weighted by atomic mass is 10.5. The van der Waals surface area contributed by atoms with Crippen LogP contribution in [0, 0.1) is 5.82 Å². The Bertz CT molecular complexity index is 647. The van der Waals surface area contributed by atoms with Crippen molar-refractivity contribution in [2.75, 3.05) is 11.9 Å². The van der Waals surface area contributed by atoms with Crippen LogP contribution in [0.2, 0.25) is 0 Å². The van der Waals surface area contributed by atoms with Crippen LogP contribution in [0.4, 0.5) is 10.2 Å². The van der Waals surface area contributed by atoms with Crippen LogP contribution in [0.15, 0.2) is 18.5 Å². The van der Waals surface area contributed by atoms with Crippen LogP contribution < -0.4 is 15.4 Å². The molecule has 2 rings (SSSR count). The summed E-state index contributed by atoms with van der Waals surface area (Å²) in [6.07, 6.45) is 3.74. The summed E-state index contributed by atoms with van der Waals surface area (Å²) in [6.45, 7) is 2.90. The lowest BCUT2D eigenvalue weighted by Gasteiger charge is -2.10. The van der Waals surface area contributed by atoms with Crippen molar-refractivity contribution in [3.05, 3.63) is 30.0 Å². The van der Waals surface area contributed by atoms with E-state index in [0.29, 0.717) is 11.7 Å². The molecule has 0 aliphatic carbocycles. The Labute approximate surface area is 132 Å². The molecular weight excluding hydrogens is 307 g/mol. The number of nitrogens with zero attached hydrogens (tertiary/aromatic N) is 4. The fraction of sp³-hybridized carbons (Fsp3) is 0.385. The molecule has 7 nitrogen and oxygen atoms in total. The number of rotatable bonds is 6. The number of nitrogens with one attached hydrogen (secondary N) is 2. The lowest BCUT2D eigenvalue weighted by molar-refractivity contribution is 0.274. The number of aryl methyl sites for hydroxylation is 1. The van der Waals surface area contributed by atoms with E-state index < -0.39 is 5.82 Å². The van der Waals surface area contributed by atoms with Crippen LogP contribution in [0.5, 0.6) is 6.01 Å². The van der Waals surface area contributed by atoms with E-state index in [-0.39, 0.29) is 18.4 Å². The molecule has 0 unspecified atom stereocenters. The van der Waals surface area contributed by atoms with Gasteiger partial charge in [-0.05, 0) is 24.7 Å². The monoisotopic (exact) mass is 324 g/mol. The van der Waals surface area contributed by atoms with Gasteiger partial charge in [-0.15, -0.1) is 0 Å². The molecule has 0 aromatic carbocycles. The van der Waals surface area contributed by atoms with Gasteiger partial charge in [0.05, 0.1) is 11.9 Å². The Morgan fingerprint density at radius 2 is 2.32 bits per heavy atom. The van der Waals surface area contributed by atoms with Crippen molar-refractivity contribution in [1.29, 1.82) is 0 Å². The number of hydrogen-bond acceptors (Lipinski definition) is 5. The summed E-state index contributed by atoms with van der Waals surface area (Å²) in [5, 5.41) is 10.1. The van der Waals surface area contributed by atoms with Crippen LogP contribution in [0.3, 0.4) is 0 Å². The van der Waals surface area contributed by atoms with Crippen molar-refractivity contribution in [2.24, 2.45) is 7.05 Å². The molecule has 0 amide bonds. The standard InChI is InChI=1S/C13H17FN6OS/c1-3-5-15-13(22)18-11-10(14)7-16-12(17-11)21-8-9-4-6-20(2)19-9/h4,6-7H,3,5,8H2,1-2H3,(H2,15,16,17,18,22). The second kappa shape index (κ2) is 7.64. The van der Waals surface area contributed by atoms with Crippen molar-refractivity contribution in [3.8, 4) is 6.01 Å². The average molecular weight is 324 g/mol. The van der Waals surface area contributed by atoms with Gasteiger partial charge in [0.15, 0.2) is 16.7 Å². The molecule has 118 valence electrons. The number of ether oxygens (including phenoxy) is 1. The first-order valence-corrected chi connectivity index (χ1v) is 7.18. The summed E-state index contributed by atoms with van der Waals surface area (Å²) in [7, 11) is 1.81. The smallest absolute Gasteiger partial charge is 0.318 e. The third-order valence-electron chi connectivity index (χ3n) is 2.61. The topological polar surface area (TPSA) is 76.9 Å². The maximum Gasteiger partial charge on any atom is 0.318 e. The number of aromatic nitrogens is 4. The molecule has 0 radical (unpaired) electrons. The third-order valence-corrected chi connectivity index (χ3v) is 2.85. The van der Waals surface area contributed by atoms with Gasteiger partial charge in [0.2, 0.25) is 0 Å². The summed E-state index contributed by atoms with van der Waals surface area (Å²) in [4.78, 5) is 7.74. The SMILES string of the molecule is CCCNC(=S)Nc1nc(OCc2ccn(C)n2)ncc1F. The van der Waals surface area contributed by atoms with Crippen LogP contribution in [-0.4, -0.2) is 31.4 Å². The normalized spacial score (nSPS) is 10.3. The van der Waals surface area contributed by atoms with Gasteiger partial charge in [0.25, 0.3) is 0 Å². The lowest BCUT2D eigenvalue weighted by Crippen LogP contribution is -2.29. The fourth-order valence-electron chi connectivity index (χ4n) is 1.58. The van der Waals surface area contributed by atoms with E-state index in [1.807, 2.05) is 20.0 Å². The summed E-state index contributed by atoms with van der Waals surface area (Å²) in [6, 6.07) is 1.86. The van der Waals surface area contributed by atoms with E-state index >= 15 is 0 Å². The average Bonchev–Trinajstić information content (AvgIpc) is 2.91. The first-order chi connectivity index (χ1) is 10.6. The Morgan fingerprint density at radius 3 is 3.00 bits per heavy atom. The highest BCUT2D eigenvalue weighted by Crippen LogP contribution is 2.14. The molecule has 2 aromatic heterocycles. The van der Waals surface area contributed by atoms with E-state index in [4.69, 9.17) is 17.0 Å². The van der Waals surface area contributed by atoms with Crippen molar-refractivity contribution in [1.82, 2.24) is 25.1 Å². The van der Waals surface area contributed by atoms with Crippen molar-refractivity contribution >= 4 is 23.1 Å². The molecule has 0 bridgehead atoms. The van der Waals surface area contributed by atoms with Gasteiger partial charge in [-0.2, -0.15) is 10.1 Å². The second-order valence-electron chi connectivity index (χ2n) is 4.50. The molecule has 2 aromatic rings. The Balaban J connectivity index is 1.98. The molecule has 22 heavy (non-hydrogen) atoms. The second-order valence-corrected chi connectivity index (χ2v) is 4.91. The van der Waals surface area contributed by atoms with E-state index in [9.17, 15) is 4.39 Å². The van der Waals surface area contributed by atoms with Crippen LogP contribution in [-0.2, 0) is 13.7 Å². The minimum atomic E-state index is -0.606. The predicted octanol–water partition coefficient (Wildman–Crippen LogP) is 1.62. The highest BCUT2D eigenvalue weighted by Gasteiger charge is 2.10. The minimum absolute atomic E-state index is 0.0281. The van der Waals surface area contributed by atoms with E-state index in [0.717, 1.165) is 18.3 Å². The molecule has 0 aliphatic heterocycles. The minimum Gasteiger partial charge on any atom is -0.457 e. The summed E-state index contributed by atoms with van der Waals surface area (Å²) >= 11 is 5.05. The van der Waals surface area contributed by atoms with Crippen molar-refractivity contribution in [3.63, 3.8) is 0 Å². The van der Waals surface area contributed by atoms with Gasteiger partial charge in [0.1, 0.15) is 6.61 Å². The fourth-order valence-corrected chi connectivity index (χ4v) is 1.78. The maximum atomic E-state index is 13.7. The van der Waals surface area contributed by atoms with Crippen molar-refractivity contribution < 1.29 is 9.13 Å². The quantitative estimate of drug-likeness (QED) is 0.782. The summed E-state index contributed by atoms with van der Waals surface area (Å²) in [5.41, 5.74) is 0.727. The van der Waals surface area contributed by atoms with Crippen molar-refractivity contribution in [2.45, 2.75) is 20.0 Å².